The van der Waals surface area contributed by atoms with Gasteiger partial charge in [0.2, 0.25) is 0 Å². The molecule has 170 valence electrons. The molecule has 6 rings (SSSR count). The lowest BCUT2D eigenvalue weighted by atomic mass is 10.0. The first-order chi connectivity index (χ1) is 16.7. The van der Waals surface area contributed by atoms with Crippen LogP contribution in [-0.4, -0.2) is 48.2 Å². The molecule has 7 heteroatoms. The highest BCUT2D eigenvalue weighted by Crippen LogP contribution is 2.30. The number of nitrogens with zero attached hydrogens (tertiary/aromatic N) is 6. The van der Waals surface area contributed by atoms with Crippen molar-refractivity contribution in [2.24, 2.45) is 0 Å². The third-order valence-electron chi connectivity index (χ3n) is 6.83. The van der Waals surface area contributed by atoms with Gasteiger partial charge in [0.05, 0.1) is 17.8 Å². The van der Waals surface area contributed by atoms with Crippen LogP contribution in [0, 0.1) is 6.92 Å². The van der Waals surface area contributed by atoms with Crippen LogP contribution in [0.3, 0.4) is 0 Å². The summed E-state index contributed by atoms with van der Waals surface area (Å²) in [7, 11) is 0. The third kappa shape index (κ3) is 3.99. The van der Waals surface area contributed by atoms with Crippen molar-refractivity contribution in [2.75, 3.05) is 13.1 Å². The molecule has 34 heavy (non-hydrogen) atoms. The molecule has 5 aromatic rings. The summed E-state index contributed by atoms with van der Waals surface area (Å²) in [6, 6.07) is 19.2. The summed E-state index contributed by atoms with van der Waals surface area (Å²) in [6.45, 7) is 5.29. The highest BCUT2D eigenvalue weighted by atomic mass is 15.4. The molecule has 1 fully saturated rings. The van der Waals surface area contributed by atoms with Crippen LogP contribution in [0.5, 0.6) is 0 Å². The Morgan fingerprint density at radius 3 is 2.79 bits per heavy atom. The summed E-state index contributed by atoms with van der Waals surface area (Å²) >= 11 is 0. The Hall–Kier alpha value is -3.84. The van der Waals surface area contributed by atoms with Gasteiger partial charge in [-0.25, -0.2) is 4.68 Å². The van der Waals surface area contributed by atoms with Gasteiger partial charge < -0.3 is 0 Å². The van der Waals surface area contributed by atoms with Crippen LogP contribution in [0.1, 0.15) is 30.0 Å². The van der Waals surface area contributed by atoms with Gasteiger partial charge in [-0.05, 0) is 61.7 Å². The molecule has 0 unspecified atom stereocenters. The first-order valence-electron chi connectivity index (χ1n) is 11.8. The van der Waals surface area contributed by atoms with Crippen LogP contribution in [0.15, 0.2) is 73.2 Å². The van der Waals surface area contributed by atoms with E-state index >= 15 is 0 Å². The van der Waals surface area contributed by atoms with Gasteiger partial charge in [0.1, 0.15) is 11.4 Å². The van der Waals surface area contributed by atoms with E-state index in [0.29, 0.717) is 6.04 Å². The van der Waals surface area contributed by atoms with Crippen molar-refractivity contribution in [3.05, 3.63) is 84.3 Å². The number of likely N-dealkylation sites (tertiary alicyclic amines) is 1. The van der Waals surface area contributed by atoms with Gasteiger partial charge in [-0.15, -0.1) is 5.10 Å². The van der Waals surface area contributed by atoms with E-state index in [1.165, 1.54) is 17.5 Å². The molecular formula is C27H27N7. The summed E-state index contributed by atoms with van der Waals surface area (Å²) in [5.41, 5.74) is 7.66. The van der Waals surface area contributed by atoms with Crippen LogP contribution in [0.2, 0.25) is 0 Å². The Morgan fingerprint density at radius 1 is 1.03 bits per heavy atom. The number of aromatic amines is 1. The zero-order valence-electron chi connectivity index (χ0n) is 19.2. The van der Waals surface area contributed by atoms with E-state index in [2.05, 4.69) is 90.7 Å². The first-order valence-corrected chi connectivity index (χ1v) is 11.8. The number of aromatic nitrogens is 6. The molecule has 0 spiro atoms. The minimum absolute atomic E-state index is 0.337. The quantitative estimate of drug-likeness (QED) is 0.407. The average molecular weight is 450 g/mol. The van der Waals surface area contributed by atoms with Gasteiger partial charge in [-0.1, -0.05) is 35.5 Å². The third-order valence-corrected chi connectivity index (χ3v) is 6.83. The second-order valence-corrected chi connectivity index (χ2v) is 9.11. The Bertz CT molecular complexity index is 1420. The zero-order chi connectivity index (χ0) is 22.9. The number of pyridine rings is 1. The summed E-state index contributed by atoms with van der Waals surface area (Å²) < 4.78 is 2.06. The van der Waals surface area contributed by atoms with E-state index in [1.807, 2.05) is 12.1 Å². The molecule has 4 heterocycles. The largest absolute Gasteiger partial charge is 0.297 e. The second-order valence-electron chi connectivity index (χ2n) is 9.11. The molecule has 1 N–H and O–H groups in total. The van der Waals surface area contributed by atoms with Crippen molar-refractivity contribution in [1.82, 2.24) is 35.1 Å². The number of hydrogen-bond donors (Lipinski definition) is 1. The highest BCUT2D eigenvalue weighted by molar-refractivity contribution is 5.95. The van der Waals surface area contributed by atoms with E-state index in [1.54, 1.807) is 12.4 Å². The van der Waals surface area contributed by atoms with Crippen molar-refractivity contribution in [3.63, 3.8) is 0 Å². The van der Waals surface area contributed by atoms with Crippen LogP contribution in [-0.2, 0) is 6.54 Å². The van der Waals surface area contributed by atoms with Crippen molar-refractivity contribution in [1.29, 1.82) is 0 Å². The minimum Gasteiger partial charge on any atom is -0.297 e. The van der Waals surface area contributed by atoms with Gasteiger partial charge in [-0.3, -0.25) is 15.0 Å². The van der Waals surface area contributed by atoms with Crippen LogP contribution in [0.25, 0.3) is 33.4 Å². The molecule has 1 saturated heterocycles. The number of hydrogen-bond acceptors (Lipinski definition) is 5. The fourth-order valence-electron chi connectivity index (χ4n) is 4.91. The monoisotopic (exact) mass is 449 g/mol. The van der Waals surface area contributed by atoms with Crippen molar-refractivity contribution >= 4 is 10.9 Å². The fraction of sp³-hybridized carbons (Fsp3) is 0.259. The Kier molecular flexibility index (Phi) is 5.39. The molecule has 0 radical (unpaired) electrons. The van der Waals surface area contributed by atoms with Crippen LogP contribution >= 0.6 is 0 Å². The molecule has 1 aliphatic rings. The molecule has 1 atom stereocenters. The molecular weight excluding hydrogens is 422 g/mol. The molecule has 0 bridgehead atoms. The Labute approximate surface area is 198 Å². The Morgan fingerprint density at radius 2 is 1.91 bits per heavy atom. The van der Waals surface area contributed by atoms with E-state index in [9.17, 15) is 0 Å². The Balaban J connectivity index is 1.23. The van der Waals surface area contributed by atoms with E-state index in [-0.39, 0.29) is 0 Å². The molecule has 7 nitrogen and oxygen atoms in total. The highest BCUT2D eigenvalue weighted by Gasteiger charge is 2.23. The van der Waals surface area contributed by atoms with Crippen LogP contribution in [0.4, 0.5) is 0 Å². The number of aryl methyl sites for hydroxylation is 1. The first kappa shape index (κ1) is 20.7. The molecule has 0 amide bonds. The van der Waals surface area contributed by atoms with Crippen molar-refractivity contribution in [3.8, 4) is 22.5 Å². The smallest absolute Gasteiger partial charge is 0.113 e. The lowest BCUT2D eigenvalue weighted by Crippen LogP contribution is -2.36. The summed E-state index contributed by atoms with van der Waals surface area (Å²) in [5.74, 6) is 0. The number of nitrogens with one attached hydrogen (secondary N) is 1. The van der Waals surface area contributed by atoms with Gasteiger partial charge in [0.25, 0.3) is 0 Å². The number of fused-ring (bicyclic) bond motifs is 1. The van der Waals surface area contributed by atoms with E-state index < -0.39 is 0 Å². The summed E-state index contributed by atoms with van der Waals surface area (Å²) in [6.07, 6.45) is 7.97. The van der Waals surface area contributed by atoms with Crippen LogP contribution < -0.4 is 0 Å². The predicted octanol–water partition coefficient (Wildman–Crippen LogP) is 5.03. The number of H-pyrrole nitrogens is 1. The van der Waals surface area contributed by atoms with Gasteiger partial charge in [-0.2, -0.15) is 5.10 Å². The van der Waals surface area contributed by atoms with E-state index in [4.69, 9.17) is 0 Å². The van der Waals surface area contributed by atoms with E-state index in [0.717, 1.165) is 59.5 Å². The number of rotatable bonds is 5. The molecule has 0 aliphatic carbocycles. The SMILES string of the molecule is Cc1ccccc1CN1CCC[C@@H](n2cc(-c3ccc4[nH]nc(-c5ccncc5)c4c3)nn2)C1. The lowest BCUT2D eigenvalue weighted by molar-refractivity contribution is 0.161. The zero-order valence-corrected chi connectivity index (χ0v) is 19.2. The van der Waals surface area contributed by atoms with Gasteiger partial charge in [0, 0.05) is 42.0 Å². The van der Waals surface area contributed by atoms with Gasteiger partial charge >= 0.3 is 0 Å². The summed E-state index contributed by atoms with van der Waals surface area (Å²) in [5, 5.41) is 17.8. The molecule has 1 aliphatic heterocycles. The molecule has 0 saturated carbocycles. The predicted molar refractivity (Wildman–Crippen MR) is 133 cm³/mol. The van der Waals surface area contributed by atoms with Crippen molar-refractivity contribution < 1.29 is 0 Å². The van der Waals surface area contributed by atoms with Gasteiger partial charge in [0.15, 0.2) is 0 Å². The standard InChI is InChI=1S/C27H27N7/c1-19-5-2-3-6-22(19)16-33-14-4-7-23(17-33)34-18-26(30-32-34)21-8-9-25-24(15-21)27(31-29-25)20-10-12-28-13-11-20/h2-3,5-6,8-13,15,18,23H,4,7,14,16-17H2,1H3,(H,29,31)/t23-/m1/s1. The van der Waals surface area contributed by atoms with Crippen molar-refractivity contribution in [2.45, 2.75) is 32.4 Å². The lowest BCUT2D eigenvalue weighted by Gasteiger charge is -2.32. The minimum atomic E-state index is 0.337. The maximum atomic E-state index is 4.53. The molecule has 3 aromatic heterocycles. The maximum absolute atomic E-state index is 4.53. The summed E-state index contributed by atoms with van der Waals surface area (Å²) in [4.78, 5) is 6.66. The topological polar surface area (TPSA) is 75.5 Å². The average Bonchev–Trinajstić information content (AvgIpc) is 3.54. The normalized spacial score (nSPS) is 16.8. The fourth-order valence-corrected chi connectivity index (χ4v) is 4.91. The number of piperidine rings is 1. The number of benzene rings is 2. The second kappa shape index (κ2) is 8.83. The maximum Gasteiger partial charge on any atom is 0.113 e. The molecule has 2 aromatic carbocycles.